The molecule has 2 aromatic carbocycles. The van der Waals surface area contributed by atoms with Gasteiger partial charge in [0.1, 0.15) is 0 Å². The Hall–Kier alpha value is -3.07. The van der Waals surface area contributed by atoms with Crippen molar-refractivity contribution in [3.05, 3.63) is 60.2 Å². The van der Waals surface area contributed by atoms with Crippen molar-refractivity contribution in [3.8, 4) is 0 Å². The summed E-state index contributed by atoms with van der Waals surface area (Å²) in [5.74, 6) is -2.32. The van der Waals surface area contributed by atoms with E-state index in [0.717, 1.165) is 43.1 Å². The lowest BCUT2D eigenvalue weighted by molar-refractivity contribution is -0.169. The number of nitrogens with one attached hydrogen (secondary N) is 2. The summed E-state index contributed by atoms with van der Waals surface area (Å²) in [7, 11) is 0. The molecule has 0 aliphatic carbocycles. The Bertz CT molecular complexity index is 791. The van der Waals surface area contributed by atoms with Crippen molar-refractivity contribution in [3.63, 3.8) is 0 Å². The summed E-state index contributed by atoms with van der Waals surface area (Å²) >= 11 is 0. The van der Waals surface area contributed by atoms with Crippen molar-refractivity contribution < 1.29 is 22.8 Å². The average molecular weight is 394 g/mol. The topological polar surface area (TPSA) is 87.5 Å². The molecule has 4 N–H and O–H groups in total. The molecule has 6 nitrogen and oxygen atoms in total. The van der Waals surface area contributed by atoms with Gasteiger partial charge < -0.3 is 21.3 Å². The molecule has 9 heteroatoms. The molecule has 0 atom stereocenters. The number of primary amides is 1. The van der Waals surface area contributed by atoms with Gasteiger partial charge in [-0.15, -0.1) is 0 Å². The smallest absolute Gasteiger partial charge is 0.368 e. The Morgan fingerprint density at radius 1 is 0.964 bits per heavy atom. The van der Waals surface area contributed by atoms with E-state index in [1.165, 1.54) is 0 Å². The Balaban J connectivity index is 0.000000345. The van der Waals surface area contributed by atoms with E-state index in [-0.39, 0.29) is 5.91 Å². The minimum absolute atomic E-state index is 0.0599. The first-order valence-electron chi connectivity index (χ1n) is 8.57. The normalized spacial score (nSPS) is 13.9. The molecule has 1 fully saturated rings. The van der Waals surface area contributed by atoms with Crippen LogP contribution in [-0.2, 0) is 4.79 Å². The Morgan fingerprint density at radius 2 is 1.50 bits per heavy atom. The minimum Gasteiger partial charge on any atom is -0.368 e. The molecular weight excluding hydrogens is 373 g/mol. The van der Waals surface area contributed by atoms with Gasteiger partial charge in [0, 0.05) is 37.6 Å². The molecule has 0 aromatic heterocycles. The molecule has 0 radical (unpaired) electrons. The molecule has 1 saturated heterocycles. The van der Waals surface area contributed by atoms with Crippen LogP contribution in [0.3, 0.4) is 0 Å². The zero-order valence-corrected chi connectivity index (χ0v) is 15.0. The van der Waals surface area contributed by atoms with Crippen LogP contribution >= 0.6 is 0 Å². The van der Waals surface area contributed by atoms with Gasteiger partial charge in [-0.25, -0.2) is 0 Å². The summed E-state index contributed by atoms with van der Waals surface area (Å²) in [5, 5.41) is 6.29. The number of nitrogens with zero attached hydrogens (tertiary/aromatic N) is 1. The first-order valence-corrected chi connectivity index (χ1v) is 8.57. The molecule has 0 spiro atoms. The summed E-state index contributed by atoms with van der Waals surface area (Å²) in [6.07, 6.45) is -4.86. The quantitative estimate of drug-likeness (QED) is 0.746. The van der Waals surface area contributed by atoms with Crippen molar-refractivity contribution in [2.75, 3.05) is 36.4 Å². The maximum Gasteiger partial charge on any atom is 0.470 e. The third kappa shape index (κ3) is 6.27. The van der Waals surface area contributed by atoms with E-state index in [2.05, 4.69) is 21.3 Å². The molecule has 2 aromatic rings. The van der Waals surface area contributed by atoms with Crippen molar-refractivity contribution in [2.24, 2.45) is 5.73 Å². The number of carbonyl (C=O) groups excluding carboxylic acids is 2. The van der Waals surface area contributed by atoms with Gasteiger partial charge in [0.05, 0.1) is 5.56 Å². The molecule has 28 heavy (non-hydrogen) atoms. The molecule has 3 rings (SSSR count). The van der Waals surface area contributed by atoms with E-state index < -0.39 is 12.1 Å². The Labute approximate surface area is 160 Å². The number of anilines is 2. The van der Waals surface area contributed by atoms with Crippen LogP contribution in [0.4, 0.5) is 24.5 Å². The lowest BCUT2D eigenvalue weighted by atomic mass is 10.1. The van der Waals surface area contributed by atoms with Gasteiger partial charge in [0.25, 0.3) is 5.91 Å². The highest BCUT2D eigenvalue weighted by atomic mass is 19.4. The zero-order chi connectivity index (χ0) is 20.6. The van der Waals surface area contributed by atoms with Crippen molar-refractivity contribution in [1.29, 1.82) is 0 Å². The first-order chi connectivity index (χ1) is 13.3. The SMILES string of the molecule is NC(=O)C(F)(F)F.O=C(Nc1ccccc1)c1ccccc1N1CCNCC1. The fourth-order valence-electron chi connectivity index (χ4n) is 2.57. The van der Waals surface area contributed by atoms with E-state index >= 15 is 0 Å². The first kappa shape index (κ1) is 21.2. The van der Waals surface area contributed by atoms with Crippen molar-refractivity contribution >= 4 is 23.2 Å². The molecule has 2 amide bonds. The van der Waals surface area contributed by atoms with Crippen LogP contribution < -0.4 is 21.3 Å². The third-order valence-corrected chi connectivity index (χ3v) is 3.92. The third-order valence-electron chi connectivity index (χ3n) is 3.92. The highest BCUT2D eigenvalue weighted by Crippen LogP contribution is 2.22. The Kier molecular flexibility index (Phi) is 7.39. The highest BCUT2D eigenvalue weighted by molar-refractivity contribution is 6.08. The number of carbonyl (C=O) groups is 2. The second kappa shape index (κ2) is 9.75. The minimum atomic E-state index is -4.86. The molecule has 0 bridgehead atoms. The molecule has 1 heterocycles. The van der Waals surface area contributed by atoms with Crippen LogP contribution in [0.5, 0.6) is 0 Å². The Morgan fingerprint density at radius 3 is 2.07 bits per heavy atom. The van der Waals surface area contributed by atoms with E-state index in [0.29, 0.717) is 0 Å². The van der Waals surface area contributed by atoms with Gasteiger partial charge in [-0.05, 0) is 24.3 Å². The standard InChI is InChI=1S/C17H19N3O.C2H2F3NO/c21-17(19-14-6-2-1-3-7-14)15-8-4-5-9-16(15)20-12-10-18-11-13-20;3-2(4,5)1(6)7/h1-9,18H,10-13H2,(H,19,21);(H2,6,7). The zero-order valence-electron chi connectivity index (χ0n) is 15.0. The second-order valence-electron chi connectivity index (χ2n) is 5.94. The molecule has 1 aliphatic heterocycles. The summed E-state index contributed by atoms with van der Waals surface area (Å²) in [6, 6.07) is 17.3. The van der Waals surface area contributed by atoms with Gasteiger partial charge in [0.15, 0.2) is 0 Å². The van der Waals surface area contributed by atoms with Gasteiger partial charge in [0.2, 0.25) is 0 Å². The lowest BCUT2D eigenvalue weighted by Crippen LogP contribution is -2.44. The number of hydrogen-bond donors (Lipinski definition) is 3. The van der Waals surface area contributed by atoms with Crippen LogP contribution in [0, 0.1) is 0 Å². The summed E-state index contributed by atoms with van der Waals surface area (Å²) in [4.78, 5) is 23.9. The monoisotopic (exact) mass is 394 g/mol. The fraction of sp³-hybridized carbons (Fsp3) is 0.263. The van der Waals surface area contributed by atoms with E-state index in [9.17, 15) is 18.0 Å². The average Bonchev–Trinajstić information content (AvgIpc) is 2.69. The van der Waals surface area contributed by atoms with Gasteiger partial charge in [-0.2, -0.15) is 13.2 Å². The number of halogens is 3. The lowest BCUT2D eigenvalue weighted by Gasteiger charge is -2.30. The largest absolute Gasteiger partial charge is 0.470 e. The van der Waals surface area contributed by atoms with E-state index in [1.54, 1.807) is 0 Å². The number of amides is 2. The van der Waals surface area contributed by atoms with Crippen LogP contribution in [0.1, 0.15) is 10.4 Å². The molecule has 150 valence electrons. The van der Waals surface area contributed by atoms with Crippen molar-refractivity contribution in [1.82, 2.24) is 5.32 Å². The van der Waals surface area contributed by atoms with Crippen LogP contribution in [0.2, 0.25) is 0 Å². The van der Waals surface area contributed by atoms with Crippen LogP contribution in [-0.4, -0.2) is 44.2 Å². The number of alkyl halides is 3. The number of piperazine rings is 1. The number of benzene rings is 2. The molecule has 1 aliphatic rings. The summed E-state index contributed by atoms with van der Waals surface area (Å²) < 4.78 is 32.1. The number of para-hydroxylation sites is 2. The van der Waals surface area contributed by atoms with Gasteiger partial charge >= 0.3 is 12.1 Å². The van der Waals surface area contributed by atoms with Crippen LogP contribution in [0.15, 0.2) is 54.6 Å². The van der Waals surface area contributed by atoms with Crippen LogP contribution in [0.25, 0.3) is 0 Å². The predicted molar refractivity (Wildman–Crippen MR) is 101 cm³/mol. The predicted octanol–water partition coefficient (Wildman–Crippen LogP) is 2.38. The molecular formula is C19H21F3N4O2. The highest BCUT2D eigenvalue weighted by Gasteiger charge is 2.35. The van der Waals surface area contributed by atoms with E-state index in [1.807, 2.05) is 54.6 Å². The number of rotatable bonds is 3. The van der Waals surface area contributed by atoms with Gasteiger partial charge in [-0.1, -0.05) is 30.3 Å². The summed E-state index contributed by atoms with van der Waals surface area (Å²) in [6.45, 7) is 3.76. The maximum atomic E-state index is 12.5. The summed E-state index contributed by atoms with van der Waals surface area (Å²) in [5.41, 5.74) is 6.35. The van der Waals surface area contributed by atoms with Gasteiger partial charge in [-0.3, -0.25) is 9.59 Å². The molecule has 0 unspecified atom stereocenters. The second-order valence-corrected chi connectivity index (χ2v) is 5.94. The number of hydrogen-bond acceptors (Lipinski definition) is 4. The van der Waals surface area contributed by atoms with Crippen molar-refractivity contribution in [2.45, 2.75) is 6.18 Å². The molecule has 0 saturated carbocycles. The maximum absolute atomic E-state index is 12.5. The van der Waals surface area contributed by atoms with E-state index in [4.69, 9.17) is 4.79 Å². The number of nitrogens with two attached hydrogens (primary N) is 1. The fourth-order valence-corrected chi connectivity index (χ4v) is 2.57.